The maximum atomic E-state index is 0. The van der Waals surface area contributed by atoms with Crippen molar-refractivity contribution < 1.29 is 34.0 Å². The average Bonchev–Trinajstić information content (AvgIpc) is 0. The molecule has 0 saturated heterocycles. The lowest BCUT2D eigenvalue weighted by atomic mass is 12.0. The van der Waals surface area contributed by atoms with E-state index in [1.165, 1.54) is 0 Å². The highest BCUT2D eigenvalue weighted by molar-refractivity contribution is 2.51. The van der Waals surface area contributed by atoms with E-state index >= 15 is 0 Å². The molecule has 0 aromatic carbocycles. The molecule has 0 aliphatic rings. The fourth-order valence-electron chi connectivity index (χ4n) is 0. The van der Waals surface area contributed by atoms with Crippen molar-refractivity contribution in [2.24, 2.45) is 0 Å². The van der Waals surface area contributed by atoms with Crippen molar-refractivity contribution in [2.75, 3.05) is 0 Å². The van der Waals surface area contributed by atoms with Gasteiger partial charge in [-0.15, -0.1) is 0 Å². The average molecular weight is 272 g/mol. The van der Waals surface area contributed by atoms with Gasteiger partial charge in [0.25, 0.3) is 0 Å². The second-order valence-electron chi connectivity index (χ2n) is 0. The van der Waals surface area contributed by atoms with Crippen molar-refractivity contribution >= 4 is 0 Å². The summed E-state index contributed by atoms with van der Waals surface area (Å²) in [6, 6.07) is 0. The molecule has 0 heterocycles. The number of rotatable bonds is 0. The van der Waals surface area contributed by atoms with Gasteiger partial charge in [0, 0.05) is 0 Å². The van der Waals surface area contributed by atoms with Gasteiger partial charge in [-0.1, -0.05) is 52.0 Å². The Kier molecular flexibility index (Phi) is 59400. The van der Waals surface area contributed by atoms with Crippen LogP contribution in [0.15, 0.2) is 0 Å². The largest absolute Gasteiger partial charge is 1.00 e. The van der Waals surface area contributed by atoms with Gasteiger partial charge in [0.15, 0.2) is 0 Å². The van der Waals surface area contributed by atoms with E-state index < -0.39 is 0 Å². The van der Waals surface area contributed by atoms with Crippen LogP contribution in [0.3, 0.4) is 0 Å². The first kappa shape index (κ1) is 868. The summed E-state index contributed by atoms with van der Waals surface area (Å²) in [5.41, 5.74) is 0. The molecule has 0 rings (SSSR count). The van der Waals surface area contributed by atoms with Crippen LogP contribution in [0.4, 0.5) is 0 Å². The van der Waals surface area contributed by atoms with E-state index in [0.717, 1.165) is 0 Å². The Labute approximate surface area is 86.0 Å². The summed E-state index contributed by atoms with van der Waals surface area (Å²) in [7, 11) is 0. The molecule has 0 radical (unpaired) electrons. The van der Waals surface area contributed by atoms with Crippen molar-refractivity contribution in [3.63, 3.8) is 0 Å². The summed E-state index contributed by atoms with van der Waals surface area (Å²) in [5, 5.41) is 0. The highest BCUT2D eigenvalue weighted by Crippen LogP contribution is 0.150. The van der Waals surface area contributed by atoms with E-state index in [1.54, 1.807) is 0 Å². The van der Waals surface area contributed by atoms with Crippen LogP contribution in [0.1, 0.15) is 52.0 Å². The molecule has 0 bridgehead atoms. The third kappa shape index (κ3) is 471. The van der Waals surface area contributed by atoms with Crippen LogP contribution in [-0.2, 0) is 0 Å². The molecule has 0 aliphatic heterocycles. The summed E-state index contributed by atoms with van der Waals surface area (Å²) >= 11 is 0. The van der Waals surface area contributed by atoms with Crippen molar-refractivity contribution in [3.05, 3.63) is 0 Å². The van der Waals surface area contributed by atoms with Crippen LogP contribution < -0.4 is 34.0 Å². The van der Waals surface area contributed by atoms with E-state index in [9.17, 15) is 0 Å². The standard InChI is InChI=1S/7CH4.2BrH/h7*1H4;2*1H/p-2. The van der Waals surface area contributed by atoms with Gasteiger partial charge in [-0.2, -0.15) is 0 Å². The summed E-state index contributed by atoms with van der Waals surface area (Å²) in [6.45, 7) is 0. The lowest BCUT2D eigenvalue weighted by Crippen LogP contribution is -3.00. The zero-order chi connectivity index (χ0) is 0. The minimum absolute atomic E-state index is 0. The zero-order valence-electron chi connectivity index (χ0n) is 0.756. The summed E-state index contributed by atoms with van der Waals surface area (Å²) < 4.78 is 0. The molecule has 0 aromatic heterocycles. The van der Waals surface area contributed by atoms with Crippen LogP contribution in [0.2, 0.25) is 0 Å². The molecule has 9 heavy (non-hydrogen) atoms. The minimum atomic E-state index is 0. The Bertz CT molecular complexity index is 6.88. The quantitative estimate of drug-likeness (QED) is 0.501. The highest BCUT2D eigenvalue weighted by Gasteiger charge is -0.0715. The van der Waals surface area contributed by atoms with Gasteiger partial charge >= 0.3 is 0 Å². The third-order valence-electron chi connectivity index (χ3n) is 0. The Balaban J connectivity index is 0. The molecule has 0 saturated carbocycles. The molecular formula is C7H28Br2-2. The lowest BCUT2D eigenvalue weighted by molar-refractivity contribution is -0.00100. The minimum Gasteiger partial charge on any atom is -1.00 e. The summed E-state index contributed by atoms with van der Waals surface area (Å²) in [6.07, 6.45) is 0. The van der Waals surface area contributed by atoms with E-state index in [0.29, 0.717) is 0 Å². The molecule has 0 nitrogen and oxygen atoms in total. The molecule has 72 valence electrons. The SMILES string of the molecule is C.C.C.C.C.C.C.[Br-].[Br-]. The molecule has 0 spiro atoms. The van der Waals surface area contributed by atoms with Gasteiger partial charge in [-0.3, -0.25) is 0 Å². The summed E-state index contributed by atoms with van der Waals surface area (Å²) in [4.78, 5) is 0. The number of halogens is 2. The van der Waals surface area contributed by atoms with Gasteiger partial charge in [0.1, 0.15) is 0 Å². The molecule has 0 aromatic rings. The fourth-order valence-corrected chi connectivity index (χ4v) is 0. The maximum absolute atomic E-state index is 0. The van der Waals surface area contributed by atoms with Gasteiger partial charge in [-0.05, 0) is 0 Å². The molecular weight excluding hydrogens is 244 g/mol. The van der Waals surface area contributed by atoms with Crippen molar-refractivity contribution in [1.82, 2.24) is 0 Å². The normalized spacial score (nSPS) is 0. The first-order valence-corrected chi connectivity index (χ1v) is 0. The molecule has 0 fully saturated rings. The van der Waals surface area contributed by atoms with Crippen LogP contribution >= 0.6 is 0 Å². The highest BCUT2D eigenvalue weighted by atomic mass is 79.9. The van der Waals surface area contributed by atoms with Gasteiger partial charge in [0.05, 0.1) is 0 Å². The number of hydrogen-bond acceptors (Lipinski definition) is 0. The van der Waals surface area contributed by atoms with Gasteiger partial charge < -0.3 is 34.0 Å². The first-order valence-electron chi connectivity index (χ1n) is 0. The molecule has 0 amide bonds. The Morgan fingerprint density at radius 2 is 0.222 bits per heavy atom. The Morgan fingerprint density at radius 1 is 0.222 bits per heavy atom. The molecule has 2 heteroatoms. The second kappa shape index (κ2) is 616. The van der Waals surface area contributed by atoms with Crippen molar-refractivity contribution in [3.8, 4) is 0 Å². The van der Waals surface area contributed by atoms with E-state index in [4.69, 9.17) is 0 Å². The predicted molar refractivity (Wildman–Crippen MR) is 47.1 cm³/mol. The molecule has 0 aliphatic carbocycles. The van der Waals surface area contributed by atoms with Crippen molar-refractivity contribution in [2.45, 2.75) is 52.0 Å². The van der Waals surface area contributed by atoms with Crippen molar-refractivity contribution in [1.29, 1.82) is 0 Å². The van der Waals surface area contributed by atoms with Gasteiger partial charge in [0.2, 0.25) is 0 Å². The van der Waals surface area contributed by atoms with Gasteiger partial charge in [-0.25, -0.2) is 0 Å². The fraction of sp³-hybridized carbons (Fsp3) is 1.00. The molecule has 0 atom stereocenters. The first-order chi connectivity index (χ1) is 0. The van der Waals surface area contributed by atoms with E-state index in [-0.39, 0.29) is 85.9 Å². The predicted octanol–water partition coefficient (Wildman–Crippen LogP) is -1.54. The topological polar surface area (TPSA) is 0 Å². The smallest absolute Gasteiger partial charge is 0.0776 e. The van der Waals surface area contributed by atoms with Crippen LogP contribution in [0, 0.1) is 0 Å². The maximum Gasteiger partial charge on any atom is -0.0776 e. The zero-order valence-corrected chi connectivity index (χ0v) is 3.93. The third-order valence-corrected chi connectivity index (χ3v) is 0. The second-order valence-corrected chi connectivity index (χ2v) is 0. The van der Waals surface area contributed by atoms with Crippen LogP contribution in [0.5, 0.6) is 0 Å². The lowest BCUT2D eigenvalue weighted by Gasteiger charge is -1.00. The van der Waals surface area contributed by atoms with E-state index in [2.05, 4.69) is 0 Å². The monoisotopic (exact) mass is 270 g/mol. The number of hydrogen-bond donors (Lipinski definition) is 0. The Hall–Kier alpha value is 0.960. The van der Waals surface area contributed by atoms with Crippen LogP contribution in [0.25, 0.3) is 0 Å². The Morgan fingerprint density at radius 3 is 0.222 bits per heavy atom. The van der Waals surface area contributed by atoms with E-state index in [1.807, 2.05) is 0 Å². The molecule has 0 unspecified atom stereocenters. The summed E-state index contributed by atoms with van der Waals surface area (Å²) in [5.74, 6) is 0. The van der Waals surface area contributed by atoms with Crippen LogP contribution in [-0.4, -0.2) is 0 Å². The molecule has 0 N–H and O–H groups in total.